The van der Waals surface area contributed by atoms with Crippen molar-refractivity contribution in [1.82, 2.24) is 0 Å². The van der Waals surface area contributed by atoms with E-state index in [9.17, 15) is 18.2 Å². The Morgan fingerprint density at radius 2 is 1.87 bits per heavy atom. The monoisotopic (exact) mass is 338 g/mol. The van der Waals surface area contributed by atoms with Crippen molar-refractivity contribution in [2.45, 2.75) is 19.8 Å². The van der Waals surface area contributed by atoms with Gasteiger partial charge in [-0.3, -0.25) is 9.59 Å². The molecule has 1 aliphatic carbocycles. The van der Waals surface area contributed by atoms with E-state index in [1.165, 1.54) is 24.6 Å². The molecule has 5 nitrogen and oxygen atoms in total. The lowest BCUT2D eigenvalue weighted by Gasteiger charge is -2.09. The normalized spacial score (nSPS) is 15.7. The van der Waals surface area contributed by atoms with E-state index in [0.29, 0.717) is 5.57 Å². The van der Waals surface area contributed by atoms with Crippen LogP contribution in [0.3, 0.4) is 0 Å². The summed E-state index contributed by atoms with van der Waals surface area (Å²) in [7, 11) is -2.62. The van der Waals surface area contributed by atoms with Gasteiger partial charge in [0.2, 0.25) is 0 Å². The molecule has 0 radical (unpaired) electrons. The molecule has 2 amide bonds. The maximum atomic E-state index is 14.1. The molecule has 1 fully saturated rings. The van der Waals surface area contributed by atoms with E-state index in [4.69, 9.17) is 0 Å². The molecule has 0 atom stereocenters. The highest BCUT2D eigenvalue weighted by atomic mass is 32.2. The molecule has 1 N–H and O–H groups in total. The highest BCUT2D eigenvalue weighted by Gasteiger charge is 2.28. The van der Waals surface area contributed by atoms with Crippen molar-refractivity contribution < 1.29 is 18.2 Å². The number of amides is 2. The molecule has 0 heterocycles. The standard InChI is InChI=1S/C16H19FN2O3S/c1-10(11-8-9-11)14(17)16(21)18-13-7-5-4-6-12(13)15(20)19-23(2,3)22/h4-7,11H,8-9H2,1-3H3,(H,18,21). The molecular formula is C16H19FN2O3S. The lowest BCUT2D eigenvalue weighted by Crippen LogP contribution is -2.16. The molecule has 0 aliphatic heterocycles. The number of rotatable bonds is 4. The summed E-state index contributed by atoms with van der Waals surface area (Å²) in [5.74, 6) is -2.28. The third-order valence-corrected chi connectivity index (χ3v) is 4.05. The van der Waals surface area contributed by atoms with Gasteiger partial charge in [-0.15, -0.1) is 0 Å². The van der Waals surface area contributed by atoms with Gasteiger partial charge in [-0.2, -0.15) is 4.36 Å². The summed E-state index contributed by atoms with van der Waals surface area (Å²) in [5.41, 5.74) is 0.656. The van der Waals surface area contributed by atoms with Crippen LogP contribution in [0.15, 0.2) is 40.0 Å². The first kappa shape index (κ1) is 17.3. The number of hydrogen-bond donors (Lipinski definition) is 1. The minimum Gasteiger partial charge on any atom is -0.319 e. The summed E-state index contributed by atoms with van der Waals surface area (Å²) in [6, 6.07) is 6.12. The van der Waals surface area contributed by atoms with Gasteiger partial charge in [0.1, 0.15) is 0 Å². The second-order valence-electron chi connectivity index (χ2n) is 5.85. The van der Waals surface area contributed by atoms with Crippen molar-refractivity contribution in [3.63, 3.8) is 0 Å². The Kier molecular flexibility index (Phi) is 4.99. The fraction of sp³-hybridized carbons (Fsp3) is 0.375. The van der Waals surface area contributed by atoms with Crippen molar-refractivity contribution in [1.29, 1.82) is 0 Å². The lowest BCUT2D eigenvalue weighted by molar-refractivity contribution is -0.114. The van der Waals surface area contributed by atoms with Gasteiger partial charge in [-0.25, -0.2) is 8.60 Å². The second-order valence-corrected chi connectivity index (χ2v) is 8.39. The number of hydrogen-bond acceptors (Lipinski definition) is 3. The van der Waals surface area contributed by atoms with Crippen LogP contribution >= 0.6 is 0 Å². The molecular weight excluding hydrogens is 319 g/mol. The highest BCUT2D eigenvalue weighted by molar-refractivity contribution is 7.92. The molecule has 0 aromatic heterocycles. The third kappa shape index (κ3) is 4.72. The van der Waals surface area contributed by atoms with Crippen LogP contribution in [0.5, 0.6) is 0 Å². The molecule has 124 valence electrons. The first-order chi connectivity index (χ1) is 10.7. The first-order valence-corrected chi connectivity index (χ1v) is 9.50. The molecule has 23 heavy (non-hydrogen) atoms. The van der Waals surface area contributed by atoms with Crippen molar-refractivity contribution in [2.75, 3.05) is 17.8 Å². The van der Waals surface area contributed by atoms with Crippen LogP contribution in [-0.2, 0) is 14.5 Å². The molecule has 2 rings (SSSR count). The van der Waals surface area contributed by atoms with E-state index in [-0.39, 0.29) is 17.2 Å². The minimum atomic E-state index is -2.62. The Morgan fingerprint density at radius 3 is 2.43 bits per heavy atom. The van der Waals surface area contributed by atoms with Crippen LogP contribution in [0.25, 0.3) is 0 Å². The van der Waals surface area contributed by atoms with Gasteiger partial charge < -0.3 is 5.32 Å². The maximum Gasteiger partial charge on any atom is 0.287 e. The van der Waals surface area contributed by atoms with E-state index in [0.717, 1.165) is 12.8 Å². The zero-order chi connectivity index (χ0) is 17.2. The maximum absolute atomic E-state index is 14.1. The number of anilines is 1. The molecule has 1 aliphatic rings. The van der Waals surface area contributed by atoms with E-state index < -0.39 is 27.4 Å². The van der Waals surface area contributed by atoms with Gasteiger partial charge in [0.15, 0.2) is 5.83 Å². The SMILES string of the molecule is CC(=C(F)C(=O)Nc1ccccc1C(=O)N=S(C)(C)=O)C1CC1. The Morgan fingerprint density at radius 1 is 1.26 bits per heavy atom. The number of allylic oxidation sites excluding steroid dienone is 1. The molecule has 0 saturated heterocycles. The zero-order valence-corrected chi connectivity index (χ0v) is 14.1. The van der Waals surface area contributed by atoms with Crippen LogP contribution in [0.4, 0.5) is 10.1 Å². The largest absolute Gasteiger partial charge is 0.319 e. The molecule has 1 saturated carbocycles. The number of para-hydroxylation sites is 1. The minimum absolute atomic E-state index is 0.0779. The van der Waals surface area contributed by atoms with Crippen molar-refractivity contribution in [3.8, 4) is 0 Å². The van der Waals surface area contributed by atoms with Crippen molar-refractivity contribution >= 4 is 27.2 Å². The second kappa shape index (κ2) is 6.62. The topological polar surface area (TPSA) is 75.6 Å². The lowest BCUT2D eigenvalue weighted by atomic mass is 10.1. The Hall–Kier alpha value is -2.02. The van der Waals surface area contributed by atoms with Crippen LogP contribution in [-0.4, -0.2) is 28.5 Å². The van der Waals surface area contributed by atoms with Gasteiger partial charge in [0.05, 0.1) is 11.3 Å². The third-order valence-electron chi connectivity index (χ3n) is 3.44. The number of carbonyl (C=O) groups is 2. The van der Waals surface area contributed by atoms with E-state index in [1.54, 1.807) is 19.1 Å². The number of carbonyl (C=O) groups excluding carboxylic acids is 2. The summed E-state index contributed by atoms with van der Waals surface area (Å²) < 4.78 is 29.3. The summed E-state index contributed by atoms with van der Waals surface area (Å²) >= 11 is 0. The van der Waals surface area contributed by atoms with E-state index in [1.807, 2.05) is 0 Å². The smallest absolute Gasteiger partial charge is 0.287 e. The Bertz CT molecular complexity index is 795. The predicted molar refractivity (Wildman–Crippen MR) is 88.4 cm³/mol. The van der Waals surface area contributed by atoms with E-state index >= 15 is 0 Å². The van der Waals surface area contributed by atoms with Gasteiger partial charge in [-0.05, 0) is 43.4 Å². The zero-order valence-electron chi connectivity index (χ0n) is 13.3. The molecule has 7 heteroatoms. The first-order valence-electron chi connectivity index (χ1n) is 7.17. The van der Waals surface area contributed by atoms with Crippen LogP contribution in [0.2, 0.25) is 0 Å². The van der Waals surface area contributed by atoms with Gasteiger partial charge >= 0.3 is 0 Å². The molecule has 0 bridgehead atoms. The molecule has 1 aromatic rings. The average molecular weight is 338 g/mol. The van der Waals surface area contributed by atoms with Gasteiger partial charge in [-0.1, -0.05) is 12.1 Å². The average Bonchev–Trinajstić information content (AvgIpc) is 3.29. The van der Waals surface area contributed by atoms with Gasteiger partial charge in [0, 0.05) is 22.2 Å². The van der Waals surface area contributed by atoms with Crippen molar-refractivity contribution in [2.24, 2.45) is 10.3 Å². The summed E-state index contributed by atoms with van der Waals surface area (Å²) in [4.78, 5) is 24.1. The van der Waals surface area contributed by atoms with Crippen LogP contribution in [0.1, 0.15) is 30.1 Å². The number of halogens is 1. The fourth-order valence-electron chi connectivity index (χ4n) is 2.08. The summed E-state index contributed by atoms with van der Waals surface area (Å²) in [6.45, 7) is 1.60. The fourth-order valence-corrected chi connectivity index (χ4v) is 2.58. The predicted octanol–water partition coefficient (Wildman–Crippen LogP) is 3.15. The van der Waals surface area contributed by atoms with E-state index in [2.05, 4.69) is 9.68 Å². The molecule has 0 spiro atoms. The molecule has 0 unspecified atom stereocenters. The van der Waals surface area contributed by atoms with Crippen LogP contribution in [0, 0.1) is 5.92 Å². The summed E-state index contributed by atoms with van der Waals surface area (Å²) in [5, 5.41) is 2.40. The van der Waals surface area contributed by atoms with Crippen molar-refractivity contribution in [3.05, 3.63) is 41.2 Å². The van der Waals surface area contributed by atoms with Crippen LogP contribution < -0.4 is 5.32 Å². The summed E-state index contributed by atoms with van der Waals surface area (Å²) in [6.07, 6.45) is 4.46. The quantitative estimate of drug-likeness (QED) is 0.857. The van der Waals surface area contributed by atoms with Gasteiger partial charge in [0.25, 0.3) is 11.8 Å². The highest BCUT2D eigenvalue weighted by Crippen LogP contribution is 2.38. The number of benzene rings is 1. The number of nitrogens with zero attached hydrogens (tertiary/aromatic N) is 1. The Labute approximate surface area is 135 Å². The molecule has 1 aromatic carbocycles. The number of nitrogens with one attached hydrogen (secondary N) is 1. The Balaban J connectivity index is 2.28.